The van der Waals surface area contributed by atoms with Crippen LogP contribution >= 0.6 is 11.8 Å². The first-order valence-electron chi connectivity index (χ1n) is 6.09. The third-order valence-electron chi connectivity index (χ3n) is 2.54. The van der Waals surface area contributed by atoms with Crippen LogP contribution in [0.25, 0.3) is 0 Å². The summed E-state index contributed by atoms with van der Waals surface area (Å²) in [4.78, 5) is 24.0. The standard InChI is InChI=1S/C12H21NO4S/c1-12(2,3)17-11(16)13-6-4-9(5-7-13)18-8-10(14)15/h9H,4-8H2,1-3H3,(H,14,15). The van der Waals surface area contributed by atoms with Crippen LogP contribution in [-0.2, 0) is 9.53 Å². The van der Waals surface area contributed by atoms with Gasteiger partial charge >= 0.3 is 12.1 Å². The van der Waals surface area contributed by atoms with E-state index in [1.807, 2.05) is 20.8 Å². The Morgan fingerprint density at radius 2 is 1.89 bits per heavy atom. The van der Waals surface area contributed by atoms with E-state index in [4.69, 9.17) is 9.84 Å². The zero-order chi connectivity index (χ0) is 13.8. The molecule has 0 bridgehead atoms. The summed E-state index contributed by atoms with van der Waals surface area (Å²) in [6.07, 6.45) is 1.39. The molecule has 1 aliphatic rings. The largest absolute Gasteiger partial charge is 0.481 e. The highest BCUT2D eigenvalue weighted by Crippen LogP contribution is 2.24. The lowest BCUT2D eigenvalue weighted by Crippen LogP contribution is -2.42. The summed E-state index contributed by atoms with van der Waals surface area (Å²) in [6, 6.07) is 0. The first-order chi connectivity index (χ1) is 8.28. The van der Waals surface area contributed by atoms with Crippen molar-refractivity contribution in [2.24, 2.45) is 0 Å². The highest BCUT2D eigenvalue weighted by atomic mass is 32.2. The van der Waals surface area contributed by atoms with Gasteiger partial charge in [0, 0.05) is 18.3 Å². The molecule has 1 fully saturated rings. The van der Waals surface area contributed by atoms with E-state index < -0.39 is 11.6 Å². The Kier molecular flexibility index (Phi) is 5.31. The van der Waals surface area contributed by atoms with Crippen LogP contribution in [0, 0.1) is 0 Å². The van der Waals surface area contributed by atoms with Crippen molar-refractivity contribution < 1.29 is 19.4 Å². The fraction of sp³-hybridized carbons (Fsp3) is 0.833. The molecule has 1 saturated heterocycles. The van der Waals surface area contributed by atoms with Gasteiger partial charge in [0.15, 0.2) is 0 Å². The van der Waals surface area contributed by atoms with Gasteiger partial charge in [-0.05, 0) is 33.6 Å². The SMILES string of the molecule is CC(C)(C)OC(=O)N1CCC(SCC(=O)O)CC1. The number of hydrogen-bond acceptors (Lipinski definition) is 4. The van der Waals surface area contributed by atoms with Crippen LogP contribution in [0.2, 0.25) is 0 Å². The molecule has 0 aromatic rings. The van der Waals surface area contributed by atoms with Crippen molar-refractivity contribution in [2.45, 2.75) is 44.5 Å². The van der Waals surface area contributed by atoms with Crippen LogP contribution in [0.3, 0.4) is 0 Å². The van der Waals surface area contributed by atoms with Gasteiger partial charge in [0.25, 0.3) is 0 Å². The van der Waals surface area contributed by atoms with Crippen molar-refractivity contribution in [3.63, 3.8) is 0 Å². The highest BCUT2D eigenvalue weighted by molar-refractivity contribution is 8.00. The Bertz CT molecular complexity index is 306. The second kappa shape index (κ2) is 6.31. The van der Waals surface area contributed by atoms with Gasteiger partial charge < -0.3 is 14.7 Å². The Labute approximate surface area is 112 Å². The zero-order valence-corrected chi connectivity index (χ0v) is 12.0. The van der Waals surface area contributed by atoms with Crippen molar-refractivity contribution >= 4 is 23.8 Å². The number of aliphatic carboxylic acids is 1. The van der Waals surface area contributed by atoms with Crippen molar-refractivity contribution in [3.8, 4) is 0 Å². The van der Waals surface area contributed by atoms with Gasteiger partial charge in [0.1, 0.15) is 5.60 Å². The average molecular weight is 275 g/mol. The first kappa shape index (κ1) is 15.1. The molecule has 0 aliphatic carbocycles. The van der Waals surface area contributed by atoms with Gasteiger partial charge in [-0.1, -0.05) is 0 Å². The minimum atomic E-state index is -0.783. The van der Waals surface area contributed by atoms with E-state index in [-0.39, 0.29) is 11.8 Å². The van der Waals surface area contributed by atoms with E-state index in [1.165, 1.54) is 11.8 Å². The second-order valence-corrected chi connectivity index (χ2v) is 6.66. The van der Waals surface area contributed by atoms with Crippen LogP contribution < -0.4 is 0 Å². The monoisotopic (exact) mass is 275 g/mol. The Hall–Kier alpha value is -0.910. The molecule has 0 unspecified atom stereocenters. The average Bonchev–Trinajstić information content (AvgIpc) is 2.24. The van der Waals surface area contributed by atoms with Crippen LogP contribution in [0.5, 0.6) is 0 Å². The molecule has 104 valence electrons. The third-order valence-corrected chi connectivity index (χ3v) is 3.89. The van der Waals surface area contributed by atoms with Crippen LogP contribution in [0.1, 0.15) is 33.6 Å². The summed E-state index contributed by atoms with van der Waals surface area (Å²) in [6.45, 7) is 6.83. The molecule has 5 nitrogen and oxygen atoms in total. The fourth-order valence-corrected chi connectivity index (χ4v) is 2.64. The molecule has 0 aromatic heterocycles. The number of rotatable bonds is 3. The van der Waals surface area contributed by atoms with Crippen LogP contribution in [0.15, 0.2) is 0 Å². The molecule has 18 heavy (non-hydrogen) atoms. The van der Waals surface area contributed by atoms with Gasteiger partial charge in [0.05, 0.1) is 5.75 Å². The maximum absolute atomic E-state index is 11.8. The second-order valence-electron chi connectivity index (χ2n) is 5.37. The van der Waals surface area contributed by atoms with Gasteiger partial charge in [-0.2, -0.15) is 0 Å². The number of carboxylic acids is 1. The summed E-state index contributed by atoms with van der Waals surface area (Å²) in [5.74, 6) is -0.647. The number of carboxylic acid groups (broad SMARTS) is 1. The number of carbonyl (C=O) groups excluding carboxylic acids is 1. The van der Waals surface area contributed by atoms with E-state index >= 15 is 0 Å². The predicted octanol–water partition coefficient (Wildman–Crippen LogP) is 2.20. The lowest BCUT2D eigenvalue weighted by molar-refractivity contribution is -0.133. The molecule has 0 saturated carbocycles. The molecule has 6 heteroatoms. The molecule has 0 radical (unpaired) electrons. The molecule has 1 N–H and O–H groups in total. The van der Waals surface area contributed by atoms with Gasteiger partial charge in [-0.25, -0.2) is 4.79 Å². The minimum absolute atomic E-state index is 0.136. The summed E-state index contributed by atoms with van der Waals surface area (Å²) < 4.78 is 5.30. The number of thioether (sulfide) groups is 1. The highest BCUT2D eigenvalue weighted by Gasteiger charge is 2.27. The van der Waals surface area contributed by atoms with E-state index in [0.29, 0.717) is 18.3 Å². The van der Waals surface area contributed by atoms with Crippen molar-refractivity contribution in [3.05, 3.63) is 0 Å². The number of ether oxygens (including phenoxy) is 1. The Morgan fingerprint density at radius 1 is 1.33 bits per heavy atom. The molecular weight excluding hydrogens is 254 g/mol. The lowest BCUT2D eigenvalue weighted by Gasteiger charge is -2.33. The van der Waals surface area contributed by atoms with Crippen molar-refractivity contribution in [1.29, 1.82) is 0 Å². The summed E-state index contributed by atoms with van der Waals surface area (Å²) >= 11 is 1.45. The van der Waals surface area contributed by atoms with Crippen molar-refractivity contribution in [1.82, 2.24) is 4.90 Å². The summed E-state index contributed by atoms with van der Waals surface area (Å²) in [5.41, 5.74) is -0.466. The van der Waals surface area contributed by atoms with E-state index in [2.05, 4.69) is 0 Å². The van der Waals surface area contributed by atoms with Gasteiger partial charge in [-0.15, -0.1) is 11.8 Å². The minimum Gasteiger partial charge on any atom is -0.481 e. The van der Waals surface area contributed by atoms with E-state index in [1.54, 1.807) is 4.90 Å². The van der Waals surface area contributed by atoms with Crippen LogP contribution in [0.4, 0.5) is 4.79 Å². The summed E-state index contributed by atoms with van der Waals surface area (Å²) in [5, 5.41) is 8.94. The number of piperidine rings is 1. The molecule has 1 rings (SSSR count). The van der Waals surface area contributed by atoms with E-state index in [0.717, 1.165) is 12.8 Å². The molecule has 0 aromatic carbocycles. The molecule has 1 amide bonds. The third kappa shape index (κ3) is 5.62. The molecule has 0 atom stereocenters. The maximum Gasteiger partial charge on any atom is 0.410 e. The number of nitrogens with zero attached hydrogens (tertiary/aromatic N) is 1. The fourth-order valence-electron chi connectivity index (χ4n) is 1.72. The zero-order valence-electron chi connectivity index (χ0n) is 11.1. The van der Waals surface area contributed by atoms with Gasteiger partial charge in [-0.3, -0.25) is 4.79 Å². The topological polar surface area (TPSA) is 66.8 Å². The van der Waals surface area contributed by atoms with Crippen LogP contribution in [-0.4, -0.2) is 51.8 Å². The smallest absolute Gasteiger partial charge is 0.410 e. The number of carbonyl (C=O) groups is 2. The molecular formula is C12H21NO4S. The maximum atomic E-state index is 11.8. The lowest BCUT2D eigenvalue weighted by atomic mass is 10.1. The van der Waals surface area contributed by atoms with E-state index in [9.17, 15) is 9.59 Å². The Morgan fingerprint density at radius 3 is 2.33 bits per heavy atom. The predicted molar refractivity (Wildman–Crippen MR) is 70.9 cm³/mol. The molecule has 1 aliphatic heterocycles. The molecule has 1 heterocycles. The molecule has 0 spiro atoms. The number of amides is 1. The number of likely N-dealkylation sites (tertiary alicyclic amines) is 1. The van der Waals surface area contributed by atoms with Gasteiger partial charge in [0.2, 0.25) is 0 Å². The Balaban J connectivity index is 2.30. The normalized spacial score (nSPS) is 17.6. The first-order valence-corrected chi connectivity index (χ1v) is 7.14. The summed E-state index contributed by atoms with van der Waals surface area (Å²) in [7, 11) is 0. The number of hydrogen-bond donors (Lipinski definition) is 1. The quantitative estimate of drug-likeness (QED) is 0.855. The van der Waals surface area contributed by atoms with Crippen molar-refractivity contribution in [2.75, 3.05) is 18.8 Å².